The molecule has 1 heterocycles. The Morgan fingerprint density at radius 1 is 1.31 bits per heavy atom. The fourth-order valence-electron chi connectivity index (χ4n) is 0.720. The number of nitrogens with zero attached hydrogens (tertiary/aromatic N) is 2. The number of hydrogen-bond donors (Lipinski definition) is 0. The number of aromatic nitrogens is 1. The molecule has 0 saturated heterocycles. The van der Waals surface area contributed by atoms with E-state index in [2.05, 4.69) is 4.98 Å². The van der Waals surface area contributed by atoms with Gasteiger partial charge in [-0.3, -0.25) is 4.98 Å². The second-order valence-corrected chi connectivity index (χ2v) is 2.16. The van der Waals surface area contributed by atoms with Crippen molar-refractivity contribution in [2.45, 2.75) is 6.18 Å². The summed E-state index contributed by atoms with van der Waals surface area (Å²) >= 11 is 0. The van der Waals surface area contributed by atoms with E-state index in [1.165, 1.54) is 6.07 Å². The highest BCUT2D eigenvalue weighted by Gasteiger charge is 2.35. The Balaban J connectivity index is 3.34. The van der Waals surface area contributed by atoms with E-state index in [4.69, 9.17) is 5.26 Å². The largest absolute Gasteiger partial charge is 0.420 e. The minimum Gasteiger partial charge on any atom is -0.263 e. The Morgan fingerprint density at radius 2 is 1.92 bits per heavy atom. The van der Waals surface area contributed by atoms with E-state index in [0.717, 1.165) is 6.20 Å². The molecule has 0 aromatic carbocycles. The summed E-state index contributed by atoms with van der Waals surface area (Å²) in [6, 6.07) is 1.27. The number of halogens is 4. The Kier molecular flexibility index (Phi) is 2.19. The molecule has 0 aliphatic rings. The minimum atomic E-state index is -4.82. The number of nitriles is 1. The van der Waals surface area contributed by atoms with Crippen molar-refractivity contribution >= 4 is 0 Å². The molecular formula is C7H2F4N2. The maximum atomic E-state index is 12.8. The van der Waals surface area contributed by atoms with Crippen LogP contribution in [-0.2, 0) is 6.18 Å². The molecule has 2 nitrogen and oxygen atoms in total. The van der Waals surface area contributed by atoms with Crippen LogP contribution in [-0.4, -0.2) is 4.98 Å². The highest BCUT2D eigenvalue weighted by Crippen LogP contribution is 2.31. The molecule has 0 radical (unpaired) electrons. The maximum Gasteiger partial charge on any atom is 0.420 e. The van der Waals surface area contributed by atoms with E-state index in [1.54, 1.807) is 0 Å². The molecule has 68 valence electrons. The van der Waals surface area contributed by atoms with Crippen LogP contribution < -0.4 is 0 Å². The van der Waals surface area contributed by atoms with Crippen LogP contribution in [0.15, 0.2) is 12.4 Å². The molecule has 1 aromatic heterocycles. The summed E-state index contributed by atoms with van der Waals surface area (Å²) in [6.45, 7) is 0. The van der Waals surface area contributed by atoms with Gasteiger partial charge in [-0.25, -0.2) is 4.39 Å². The molecule has 0 saturated carbocycles. The highest BCUT2D eigenvalue weighted by atomic mass is 19.4. The Hall–Kier alpha value is -1.64. The fraction of sp³-hybridized carbons (Fsp3) is 0.143. The third-order valence-electron chi connectivity index (χ3n) is 1.31. The van der Waals surface area contributed by atoms with Crippen molar-refractivity contribution in [2.24, 2.45) is 0 Å². The van der Waals surface area contributed by atoms with Crippen molar-refractivity contribution in [3.8, 4) is 6.07 Å². The molecule has 0 fully saturated rings. The van der Waals surface area contributed by atoms with Crippen molar-refractivity contribution in [2.75, 3.05) is 0 Å². The quantitative estimate of drug-likeness (QED) is 0.587. The molecule has 0 amide bonds. The van der Waals surface area contributed by atoms with Gasteiger partial charge in [-0.1, -0.05) is 0 Å². The SMILES string of the molecule is N#Cc1cncc(C(F)(F)F)c1F. The maximum absolute atomic E-state index is 12.8. The summed E-state index contributed by atoms with van der Waals surface area (Å²) in [4.78, 5) is 3.10. The molecule has 1 aromatic rings. The van der Waals surface area contributed by atoms with Gasteiger partial charge in [-0.05, 0) is 0 Å². The van der Waals surface area contributed by atoms with Crippen LogP contribution in [0.2, 0.25) is 0 Å². The van der Waals surface area contributed by atoms with E-state index < -0.39 is 23.1 Å². The molecule has 0 spiro atoms. The van der Waals surface area contributed by atoms with Crippen molar-refractivity contribution in [1.29, 1.82) is 5.26 Å². The van der Waals surface area contributed by atoms with E-state index in [9.17, 15) is 17.6 Å². The third-order valence-corrected chi connectivity index (χ3v) is 1.31. The van der Waals surface area contributed by atoms with Gasteiger partial charge in [0.2, 0.25) is 0 Å². The molecule has 0 unspecified atom stereocenters. The Labute approximate surface area is 70.4 Å². The van der Waals surface area contributed by atoms with Gasteiger partial charge in [0, 0.05) is 12.4 Å². The normalized spacial score (nSPS) is 11.0. The average molecular weight is 190 g/mol. The van der Waals surface area contributed by atoms with Crippen LogP contribution in [0, 0.1) is 17.1 Å². The van der Waals surface area contributed by atoms with Gasteiger partial charge in [0.15, 0.2) is 5.82 Å². The number of rotatable bonds is 0. The first-order valence-electron chi connectivity index (χ1n) is 3.07. The fourth-order valence-corrected chi connectivity index (χ4v) is 0.720. The van der Waals surface area contributed by atoms with Crippen LogP contribution in [0.25, 0.3) is 0 Å². The minimum absolute atomic E-state index is 0.343. The first kappa shape index (κ1) is 9.45. The van der Waals surface area contributed by atoms with Crippen LogP contribution in [0.4, 0.5) is 17.6 Å². The van der Waals surface area contributed by atoms with Gasteiger partial charge in [-0.2, -0.15) is 18.4 Å². The smallest absolute Gasteiger partial charge is 0.263 e. The van der Waals surface area contributed by atoms with E-state index >= 15 is 0 Å². The lowest BCUT2D eigenvalue weighted by atomic mass is 10.2. The van der Waals surface area contributed by atoms with Gasteiger partial charge >= 0.3 is 6.18 Å². The predicted octanol–water partition coefficient (Wildman–Crippen LogP) is 2.11. The zero-order valence-electron chi connectivity index (χ0n) is 6.06. The van der Waals surface area contributed by atoms with Gasteiger partial charge < -0.3 is 0 Å². The number of alkyl halides is 3. The molecule has 0 aliphatic heterocycles. The standard InChI is InChI=1S/C7H2F4N2/c8-6-4(1-12)2-13-3-5(6)7(9,10)11/h2-3H. The lowest BCUT2D eigenvalue weighted by Crippen LogP contribution is -2.09. The van der Waals surface area contributed by atoms with Crippen LogP contribution in [0.1, 0.15) is 11.1 Å². The first-order chi connectivity index (χ1) is 5.96. The van der Waals surface area contributed by atoms with Crippen molar-refractivity contribution in [3.63, 3.8) is 0 Å². The van der Waals surface area contributed by atoms with Gasteiger partial charge in [0.25, 0.3) is 0 Å². The van der Waals surface area contributed by atoms with E-state index in [1.807, 2.05) is 0 Å². The average Bonchev–Trinajstić information content (AvgIpc) is 2.02. The van der Waals surface area contributed by atoms with E-state index in [0.29, 0.717) is 6.20 Å². The zero-order chi connectivity index (χ0) is 10.1. The zero-order valence-corrected chi connectivity index (χ0v) is 6.06. The Morgan fingerprint density at radius 3 is 2.38 bits per heavy atom. The van der Waals surface area contributed by atoms with Crippen LogP contribution in [0.3, 0.4) is 0 Å². The summed E-state index contributed by atoms with van der Waals surface area (Å²) < 4.78 is 48.7. The molecular weight excluding hydrogens is 188 g/mol. The number of hydrogen-bond acceptors (Lipinski definition) is 2. The molecule has 6 heteroatoms. The lowest BCUT2D eigenvalue weighted by molar-refractivity contribution is -0.140. The molecule has 1 rings (SSSR count). The first-order valence-corrected chi connectivity index (χ1v) is 3.07. The predicted molar refractivity (Wildman–Crippen MR) is 33.9 cm³/mol. The van der Waals surface area contributed by atoms with Crippen LogP contribution >= 0.6 is 0 Å². The molecule has 0 aliphatic carbocycles. The van der Waals surface area contributed by atoms with E-state index in [-0.39, 0.29) is 0 Å². The number of pyridine rings is 1. The molecule has 0 N–H and O–H groups in total. The third kappa shape index (κ3) is 1.75. The molecule has 13 heavy (non-hydrogen) atoms. The highest BCUT2D eigenvalue weighted by molar-refractivity contribution is 5.32. The van der Waals surface area contributed by atoms with Crippen molar-refractivity contribution in [1.82, 2.24) is 4.98 Å². The topological polar surface area (TPSA) is 36.7 Å². The van der Waals surface area contributed by atoms with Crippen molar-refractivity contribution in [3.05, 3.63) is 29.3 Å². The summed E-state index contributed by atoms with van der Waals surface area (Å²) in [5.74, 6) is -1.58. The second-order valence-electron chi connectivity index (χ2n) is 2.16. The van der Waals surface area contributed by atoms with Gasteiger partial charge in [-0.15, -0.1) is 0 Å². The van der Waals surface area contributed by atoms with Gasteiger partial charge in [0.05, 0.1) is 0 Å². The van der Waals surface area contributed by atoms with Crippen LogP contribution in [0.5, 0.6) is 0 Å². The monoisotopic (exact) mass is 190 g/mol. The summed E-state index contributed by atoms with van der Waals surface area (Å²) in [6.07, 6.45) is -3.73. The lowest BCUT2D eigenvalue weighted by Gasteiger charge is -2.06. The summed E-state index contributed by atoms with van der Waals surface area (Å²) in [5, 5.41) is 8.21. The molecule has 0 bridgehead atoms. The summed E-state index contributed by atoms with van der Waals surface area (Å²) in [7, 11) is 0. The van der Waals surface area contributed by atoms with Crippen molar-refractivity contribution < 1.29 is 17.6 Å². The summed E-state index contributed by atoms with van der Waals surface area (Å²) in [5.41, 5.74) is -2.23. The second kappa shape index (κ2) is 3.01. The van der Waals surface area contributed by atoms with Gasteiger partial charge in [0.1, 0.15) is 17.2 Å². The Bertz CT molecular complexity index is 364. The molecule has 0 atom stereocenters.